The van der Waals surface area contributed by atoms with Crippen molar-refractivity contribution in [2.45, 2.75) is 17.5 Å². The second-order valence-electron chi connectivity index (χ2n) is 8.31. The highest BCUT2D eigenvalue weighted by molar-refractivity contribution is 7.91. The SMILES string of the molecule is NS(=O)(=O)NCc1nnc(C(c2nc3ccc(-c4ccc(Cl)cc4)cc3s2)S(=O)(=O)Cc2ccccc2)o1. The van der Waals surface area contributed by atoms with Crippen LogP contribution >= 0.6 is 22.9 Å². The van der Waals surface area contributed by atoms with Gasteiger partial charge in [0, 0.05) is 5.02 Å². The second kappa shape index (κ2) is 10.5. The number of hydrogen-bond donors (Lipinski definition) is 2. The number of rotatable bonds is 9. The monoisotopic (exact) mass is 589 g/mol. The van der Waals surface area contributed by atoms with Crippen LogP contribution < -0.4 is 9.86 Å². The minimum absolute atomic E-state index is 0.139. The first kappa shape index (κ1) is 26.4. The number of nitrogens with one attached hydrogen (secondary N) is 1. The molecule has 0 aliphatic carbocycles. The highest BCUT2D eigenvalue weighted by Crippen LogP contribution is 2.38. The molecule has 38 heavy (non-hydrogen) atoms. The molecule has 3 aromatic carbocycles. The number of hydrogen-bond acceptors (Lipinski definition) is 9. The number of aromatic nitrogens is 3. The molecular formula is C24H20ClN5O5S3. The van der Waals surface area contributed by atoms with Gasteiger partial charge in [-0.2, -0.15) is 13.1 Å². The number of nitrogens with zero attached hydrogens (tertiary/aromatic N) is 3. The summed E-state index contributed by atoms with van der Waals surface area (Å²) in [6.07, 6.45) is 0. The van der Waals surface area contributed by atoms with Gasteiger partial charge in [-0.15, -0.1) is 21.5 Å². The Bertz CT molecular complexity index is 1810. The van der Waals surface area contributed by atoms with Crippen LogP contribution in [0.2, 0.25) is 5.02 Å². The van der Waals surface area contributed by atoms with E-state index in [1.807, 2.05) is 35.1 Å². The number of sulfone groups is 1. The third-order valence-corrected chi connectivity index (χ3v) is 9.42. The molecule has 2 aromatic heterocycles. The van der Waals surface area contributed by atoms with Crippen LogP contribution in [0.5, 0.6) is 0 Å². The van der Waals surface area contributed by atoms with Crippen molar-refractivity contribution >= 4 is 53.2 Å². The second-order valence-corrected chi connectivity index (χ2v) is 13.3. The predicted molar refractivity (Wildman–Crippen MR) is 145 cm³/mol. The molecule has 0 bridgehead atoms. The van der Waals surface area contributed by atoms with Crippen molar-refractivity contribution in [2.75, 3.05) is 0 Å². The fraction of sp³-hybridized carbons (Fsp3) is 0.125. The zero-order valence-corrected chi connectivity index (χ0v) is 22.7. The lowest BCUT2D eigenvalue weighted by Crippen LogP contribution is -2.30. The molecule has 0 spiro atoms. The van der Waals surface area contributed by atoms with E-state index in [4.69, 9.17) is 21.2 Å². The minimum atomic E-state index is -4.01. The number of benzene rings is 3. The molecule has 5 rings (SSSR count). The topological polar surface area (TPSA) is 158 Å². The van der Waals surface area contributed by atoms with Gasteiger partial charge in [0.05, 0.1) is 22.5 Å². The quantitative estimate of drug-likeness (QED) is 0.261. The third kappa shape index (κ3) is 6.09. The number of fused-ring (bicyclic) bond motifs is 1. The molecular weight excluding hydrogens is 570 g/mol. The van der Waals surface area contributed by atoms with Crippen molar-refractivity contribution in [3.8, 4) is 11.1 Å². The third-order valence-electron chi connectivity index (χ3n) is 5.51. The Labute approximate surface area is 227 Å². The van der Waals surface area contributed by atoms with Gasteiger partial charge in [0.25, 0.3) is 10.2 Å². The first-order valence-electron chi connectivity index (χ1n) is 11.1. The van der Waals surface area contributed by atoms with Gasteiger partial charge in [-0.1, -0.05) is 60.1 Å². The largest absolute Gasteiger partial charge is 0.422 e. The molecule has 1 atom stereocenters. The average molecular weight is 590 g/mol. The molecule has 0 radical (unpaired) electrons. The standard InChI is InChI=1S/C24H20ClN5O5S3/c25-18-9-6-16(7-10-18)17-8-11-19-20(12-17)36-24(28-19)22(37(31,32)14-15-4-2-1-3-5-15)23-30-29-21(35-23)13-27-38(26,33)34/h1-12,22,27H,13-14H2,(H2,26,33,34). The maximum Gasteiger partial charge on any atom is 0.274 e. The summed E-state index contributed by atoms with van der Waals surface area (Å²) in [5.74, 6) is -0.651. The number of thiazole rings is 1. The van der Waals surface area contributed by atoms with E-state index in [2.05, 4.69) is 15.2 Å². The molecule has 5 aromatic rings. The van der Waals surface area contributed by atoms with Gasteiger partial charge in [0.15, 0.2) is 15.1 Å². The summed E-state index contributed by atoms with van der Waals surface area (Å²) in [6.45, 7) is -0.387. The molecule has 3 N–H and O–H groups in total. The van der Waals surface area contributed by atoms with Crippen LogP contribution in [-0.4, -0.2) is 32.0 Å². The van der Waals surface area contributed by atoms with Crippen LogP contribution in [0.25, 0.3) is 21.3 Å². The van der Waals surface area contributed by atoms with E-state index in [1.54, 1.807) is 42.5 Å². The van der Waals surface area contributed by atoms with E-state index in [0.29, 0.717) is 16.1 Å². The molecule has 0 aliphatic rings. The van der Waals surface area contributed by atoms with Crippen molar-refractivity contribution in [2.24, 2.45) is 5.14 Å². The lowest BCUT2D eigenvalue weighted by atomic mass is 10.1. The summed E-state index contributed by atoms with van der Waals surface area (Å²) >= 11 is 7.21. The van der Waals surface area contributed by atoms with E-state index in [0.717, 1.165) is 15.8 Å². The Morgan fingerprint density at radius 1 is 0.947 bits per heavy atom. The van der Waals surface area contributed by atoms with Crippen LogP contribution in [0.15, 0.2) is 77.2 Å². The predicted octanol–water partition coefficient (Wildman–Crippen LogP) is 4.00. The van der Waals surface area contributed by atoms with Gasteiger partial charge in [-0.3, -0.25) is 0 Å². The summed E-state index contributed by atoms with van der Waals surface area (Å²) in [5.41, 5.74) is 3.06. The molecule has 0 aliphatic heterocycles. The van der Waals surface area contributed by atoms with E-state index >= 15 is 0 Å². The molecule has 1 unspecified atom stereocenters. The van der Waals surface area contributed by atoms with E-state index < -0.39 is 25.3 Å². The molecule has 0 saturated heterocycles. The van der Waals surface area contributed by atoms with Crippen molar-refractivity contribution in [3.05, 3.63) is 100 Å². The smallest absolute Gasteiger partial charge is 0.274 e. The summed E-state index contributed by atoms with van der Waals surface area (Å²) in [4.78, 5) is 4.60. The number of halogens is 1. The fourth-order valence-corrected chi connectivity index (χ4v) is 7.39. The molecule has 0 fully saturated rings. The average Bonchev–Trinajstić information content (AvgIpc) is 3.49. The lowest BCUT2D eigenvalue weighted by molar-refractivity contribution is 0.443. The van der Waals surface area contributed by atoms with Gasteiger partial charge in [0.2, 0.25) is 11.8 Å². The summed E-state index contributed by atoms with van der Waals surface area (Å²) in [5, 5.41) is 12.2. The zero-order valence-electron chi connectivity index (χ0n) is 19.5. The van der Waals surface area contributed by atoms with Gasteiger partial charge in [-0.25, -0.2) is 18.5 Å². The van der Waals surface area contributed by atoms with Gasteiger partial charge < -0.3 is 4.42 Å². The van der Waals surface area contributed by atoms with Crippen molar-refractivity contribution in [1.29, 1.82) is 0 Å². The lowest BCUT2D eigenvalue weighted by Gasteiger charge is -2.12. The Morgan fingerprint density at radius 3 is 2.37 bits per heavy atom. The van der Waals surface area contributed by atoms with Crippen LogP contribution in [-0.2, 0) is 32.3 Å². The first-order valence-corrected chi connectivity index (χ1v) is 15.5. The highest BCUT2D eigenvalue weighted by Gasteiger charge is 2.37. The molecule has 10 nitrogen and oxygen atoms in total. The van der Waals surface area contributed by atoms with Crippen LogP contribution in [0, 0.1) is 0 Å². The van der Waals surface area contributed by atoms with Gasteiger partial charge in [0.1, 0.15) is 5.01 Å². The zero-order chi connectivity index (χ0) is 26.9. The minimum Gasteiger partial charge on any atom is -0.422 e. The Kier molecular flexibility index (Phi) is 7.31. The molecule has 0 saturated carbocycles. The summed E-state index contributed by atoms with van der Waals surface area (Å²) in [6, 6.07) is 21.7. The van der Waals surface area contributed by atoms with E-state index in [1.165, 1.54) is 11.3 Å². The summed E-state index contributed by atoms with van der Waals surface area (Å²) in [7, 11) is -7.97. The van der Waals surface area contributed by atoms with Gasteiger partial charge in [-0.05, 0) is 41.0 Å². The van der Waals surface area contributed by atoms with Gasteiger partial charge >= 0.3 is 0 Å². The molecule has 14 heteroatoms. The Hall–Kier alpha value is -3.20. The van der Waals surface area contributed by atoms with Crippen molar-refractivity contribution < 1.29 is 21.3 Å². The van der Waals surface area contributed by atoms with Crippen molar-refractivity contribution in [1.82, 2.24) is 19.9 Å². The van der Waals surface area contributed by atoms with Crippen LogP contribution in [0.3, 0.4) is 0 Å². The fourth-order valence-electron chi connectivity index (χ4n) is 3.79. The van der Waals surface area contributed by atoms with Crippen LogP contribution in [0.4, 0.5) is 0 Å². The Balaban J connectivity index is 1.56. The molecule has 196 valence electrons. The highest BCUT2D eigenvalue weighted by atomic mass is 35.5. The maximum atomic E-state index is 13.7. The van der Waals surface area contributed by atoms with Crippen LogP contribution in [0.1, 0.15) is 27.6 Å². The normalized spacial score (nSPS) is 13.1. The summed E-state index contributed by atoms with van der Waals surface area (Å²) < 4.78 is 58.3. The van der Waals surface area contributed by atoms with E-state index in [9.17, 15) is 16.8 Å². The maximum absolute atomic E-state index is 13.7. The Morgan fingerprint density at radius 2 is 1.66 bits per heavy atom. The van der Waals surface area contributed by atoms with Crippen molar-refractivity contribution in [3.63, 3.8) is 0 Å². The first-order chi connectivity index (χ1) is 18.1. The number of nitrogens with two attached hydrogens (primary N) is 1. The molecule has 2 heterocycles. The molecule has 0 amide bonds. The van der Waals surface area contributed by atoms with E-state index in [-0.39, 0.29) is 29.1 Å².